The Bertz CT molecular complexity index is 1260. The Hall–Kier alpha value is -3.41. The minimum atomic E-state index is -1.47. The zero-order valence-electron chi connectivity index (χ0n) is 20.0. The van der Waals surface area contributed by atoms with E-state index >= 15 is 0 Å². The molecule has 196 valence electrons. The molecule has 4 heterocycles. The van der Waals surface area contributed by atoms with Crippen LogP contribution in [0.2, 0.25) is 5.02 Å². The molecule has 1 fully saturated rings. The second kappa shape index (κ2) is 10.5. The number of benzene rings is 1. The van der Waals surface area contributed by atoms with Gasteiger partial charge >= 0.3 is 6.09 Å². The molecule has 2 aliphatic rings. The van der Waals surface area contributed by atoms with Crippen LogP contribution in [-0.4, -0.2) is 68.3 Å². The third-order valence-corrected chi connectivity index (χ3v) is 7.01. The fourth-order valence-electron chi connectivity index (χ4n) is 4.79. The first-order valence-corrected chi connectivity index (χ1v) is 12.3. The summed E-state index contributed by atoms with van der Waals surface area (Å²) in [5.41, 5.74) is 1.50. The molecule has 0 aliphatic carbocycles. The highest BCUT2D eigenvalue weighted by atomic mass is 35.5. The Balaban J connectivity index is 1.45. The van der Waals surface area contributed by atoms with Crippen LogP contribution in [0.5, 0.6) is 0 Å². The molecular formula is C24H25ClF3N7O2. The SMILES string of the molecule is CC1c2nnc(C3CCN(c4ncc(F)cn4)CC3)n2-c2ccc(Cl)cc2CN1C(=O)OC(CF)CF. The normalized spacial score (nSPS) is 17.9. The number of carbonyl (C=O) groups excluding carboxylic acids is 1. The lowest BCUT2D eigenvalue weighted by Crippen LogP contribution is -2.37. The molecule has 13 heteroatoms. The molecule has 2 aromatic heterocycles. The lowest BCUT2D eigenvalue weighted by Gasteiger charge is -2.31. The number of ether oxygens (including phenoxy) is 1. The van der Waals surface area contributed by atoms with Crippen molar-refractivity contribution in [3.8, 4) is 5.69 Å². The van der Waals surface area contributed by atoms with Gasteiger partial charge in [0.05, 0.1) is 30.7 Å². The summed E-state index contributed by atoms with van der Waals surface area (Å²) in [4.78, 5) is 24.5. The van der Waals surface area contributed by atoms with Gasteiger partial charge in [-0.25, -0.2) is 27.9 Å². The summed E-state index contributed by atoms with van der Waals surface area (Å²) in [6.07, 6.45) is 1.45. The van der Waals surface area contributed by atoms with Crippen molar-refractivity contribution in [1.29, 1.82) is 0 Å². The van der Waals surface area contributed by atoms with Gasteiger partial charge in [-0.15, -0.1) is 10.2 Å². The minimum absolute atomic E-state index is 0.0506. The molecule has 5 rings (SSSR count). The van der Waals surface area contributed by atoms with Gasteiger partial charge in [0, 0.05) is 24.0 Å². The summed E-state index contributed by atoms with van der Waals surface area (Å²) in [5, 5.41) is 9.43. The number of fused-ring (bicyclic) bond motifs is 3. The van der Waals surface area contributed by atoms with Gasteiger partial charge in [-0.05, 0) is 43.5 Å². The van der Waals surface area contributed by atoms with Crippen molar-refractivity contribution in [1.82, 2.24) is 29.6 Å². The highest BCUT2D eigenvalue weighted by molar-refractivity contribution is 6.30. The first-order valence-electron chi connectivity index (χ1n) is 11.9. The monoisotopic (exact) mass is 535 g/mol. The van der Waals surface area contributed by atoms with Crippen molar-refractivity contribution in [2.24, 2.45) is 0 Å². The number of aromatic nitrogens is 5. The number of carbonyl (C=O) groups is 1. The maximum absolute atomic E-state index is 13.2. The molecular weight excluding hydrogens is 511 g/mol. The van der Waals surface area contributed by atoms with E-state index in [1.165, 1.54) is 4.90 Å². The quantitative estimate of drug-likeness (QED) is 0.473. The van der Waals surface area contributed by atoms with Crippen LogP contribution >= 0.6 is 11.6 Å². The second-order valence-corrected chi connectivity index (χ2v) is 9.54. The Labute approximate surface area is 216 Å². The lowest BCUT2D eigenvalue weighted by molar-refractivity contribution is 0.0286. The van der Waals surface area contributed by atoms with Crippen molar-refractivity contribution in [2.45, 2.75) is 44.4 Å². The summed E-state index contributed by atoms with van der Waals surface area (Å²) in [5.74, 6) is 1.29. The first kappa shape index (κ1) is 25.2. The highest BCUT2D eigenvalue weighted by Crippen LogP contribution is 2.37. The van der Waals surface area contributed by atoms with Crippen molar-refractivity contribution >= 4 is 23.6 Å². The molecule has 0 bridgehead atoms. The van der Waals surface area contributed by atoms with Gasteiger partial charge in [-0.3, -0.25) is 9.47 Å². The van der Waals surface area contributed by atoms with Crippen LogP contribution in [0.25, 0.3) is 5.69 Å². The minimum Gasteiger partial charge on any atom is -0.440 e. The molecule has 37 heavy (non-hydrogen) atoms. The van der Waals surface area contributed by atoms with Crippen LogP contribution in [0.1, 0.15) is 48.9 Å². The van der Waals surface area contributed by atoms with Crippen LogP contribution in [0.15, 0.2) is 30.6 Å². The third-order valence-electron chi connectivity index (χ3n) is 6.77. The van der Waals surface area contributed by atoms with E-state index in [1.807, 2.05) is 15.5 Å². The molecule has 2 aliphatic heterocycles. The predicted molar refractivity (Wildman–Crippen MR) is 129 cm³/mol. The number of nitrogens with zero attached hydrogens (tertiary/aromatic N) is 7. The molecule has 3 aromatic rings. The summed E-state index contributed by atoms with van der Waals surface area (Å²) >= 11 is 6.28. The fourth-order valence-corrected chi connectivity index (χ4v) is 4.99. The zero-order valence-corrected chi connectivity index (χ0v) is 20.8. The van der Waals surface area contributed by atoms with E-state index in [0.717, 1.165) is 42.3 Å². The standard InChI is InChI=1S/C24H25ClF3N7O2/c1-14-21-31-32-22(15-4-6-33(7-5-15)23-29-11-18(28)12-30-23)35(21)20-3-2-17(25)8-16(20)13-34(14)24(36)37-19(9-26)10-27/h2-3,8,11-12,14-15,19H,4-7,9-10,13H2,1H3. The number of alkyl halides is 2. The summed E-state index contributed by atoms with van der Waals surface area (Å²) in [6.45, 7) is 0.948. The maximum atomic E-state index is 13.2. The second-order valence-electron chi connectivity index (χ2n) is 9.11. The Morgan fingerprint density at radius 3 is 2.49 bits per heavy atom. The molecule has 1 amide bonds. The van der Waals surface area contributed by atoms with Crippen LogP contribution in [-0.2, 0) is 11.3 Å². The summed E-state index contributed by atoms with van der Waals surface area (Å²) in [6, 6.07) is 4.76. The van der Waals surface area contributed by atoms with Crippen LogP contribution in [0.3, 0.4) is 0 Å². The first-order chi connectivity index (χ1) is 17.9. The molecule has 1 aromatic carbocycles. The fraction of sp³-hybridized carbons (Fsp3) is 0.458. The number of hydrogen-bond donors (Lipinski definition) is 0. The van der Waals surface area contributed by atoms with Gasteiger partial charge in [0.15, 0.2) is 17.7 Å². The summed E-state index contributed by atoms with van der Waals surface area (Å²) in [7, 11) is 0. The van der Waals surface area contributed by atoms with Crippen molar-refractivity contribution in [2.75, 3.05) is 31.3 Å². The molecule has 1 saturated heterocycles. The number of rotatable bonds is 5. The molecule has 9 nitrogen and oxygen atoms in total. The number of halogens is 4. The topological polar surface area (TPSA) is 89.3 Å². The van der Waals surface area contributed by atoms with Gasteiger partial charge in [0.25, 0.3) is 0 Å². The number of hydrogen-bond acceptors (Lipinski definition) is 7. The van der Waals surface area contributed by atoms with E-state index in [0.29, 0.717) is 29.9 Å². The van der Waals surface area contributed by atoms with Crippen molar-refractivity contribution in [3.05, 3.63) is 58.6 Å². The Morgan fingerprint density at radius 2 is 1.81 bits per heavy atom. The number of amides is 1. The molecule has 1 unspecified atom stereocenters. The van der Waals surface area contributed by atoms with Gasteiger partial charge in [0.2, 0.25) is 5.95 Å². The molecule has 1 atom stereocenters. The molecule has 0 N–H and O–H groups in total. The van der Waals surface area contributed by atoms with Gasteiger partial charge < -0.3 is 9.64 Å². The number of anilines is 1. The third kappa shape index (κ3) is 4.94. The van der Waals surface area contributed by atoms with Crippen molar-refractivity contribution < 1.29 is 22.7 Å². The van der Waals surface area contributed by atoms with E-state index in [1.54, 1.807) is 19.1 Å². The van der Waals surface area contributed by atoms with Crippen LogP contribution in [0.4, 0.5) is 23.9 Å². The van der Waals surface area contributed by atoms with E-state index in [-0.39, 0.29) is 12.5 Å². The zero-order chi connectivity index (χ0) is 26.1. The number of piperidine rings is 1. The smallest absolute Gasteiger partial charge is 0.411 e. The van der Waals surface area contributed by atoms with E-state index in [2.05, 4.69) is 20.2 Å². The van der Waals surface area contributed by atoms with Crippen LogP contribution < -0.4 is 4.90 Å². The van der Waals surface area contributed by atoms with Gasteiger partial charge in [-0.2, -0.15) is 0 Å². The molecule has 0 spiro atoms. The highest BCUT2D eigenvalue weighted by Gasteiger charge is 2.36. The summed E-state index contributed by atoms with van der Waals surface area (Å²) < 4.78 is 46.3. The van der Waals surface area contributed by atoms with Gasteiger partial charge in [0.1, 0.15) is 19.2 Å². The van der Waals surface area contributed by atoms with E-state index in [4.69, 9.17) is 16.3 Å². The largest absolute Gasteiger partial charge is 0.440 e. The van der Waals surface area contributed by atoms with E-state index in [9.17, 15) is 18.0 Å². The van der Waals surface area contributed by atoms with E-state index < -0.39 is 37.4 Å². The lowest BCUT2D eigenvalue weighted by atomic mass is 9.95. The molecule has 0 saturated carbocycles. The van der Waals surface area contributed by atoms with Crippen LogP contribution in [0, 0.1) is 5.82 Å². The Kier molecular flexibility index (Phi) is 7.18. The maximum Gasteiger partial charge on any atom is 0.411 e. The molecule has 0 radical (unpaired) electrons. The van der Waals surface area contributed by atoms with Crippen molar-refractivity contribution in [3.63, 3.8) is 0 Å². The average molecular weight is 536 g/mol. The predicted octanol–water partition coefficient (Wildman–Crippen LogP) is 4.55. The average Bonchev–Trinajstić information content (AvgIpc) is 3.31. The van der Waals surface area contributed by atoms with Gasteiger partial charge in [-0.1, -0.05) is 11.6 Å². The Morgan fingerprint density at radius 1 is 1.14 bits per heavy atom.